The first-order valence-corrected chi connectivity index (χ1v) is 6.20. The maximum absolute atomic E-state index is 8.97. The zero-order valence-corrected chi connectivity index (χ0v) is 10.8. The fourth-order valence-corrected chi connectivity index (χ4v) is 1.72. The first-order chi connectivity index (χ1) is 8.81. The predicted octanol–water partition coefficient (Wildman–Crippen LogP) is 1.82. The fraction of sp³-hybridized carbons (Fsp3) is 0.500. The van der Waals surface area contributed by atoms with Crippen molar-refractivity contribution < 1.29 is 9.84 Å². The number of aliphatic hydroxyl groups excluding tert-OH is 1. The second-order valence-electron chi connectivity index (χ2n) is 4.11. The van der Waals surface area contributed by atoms with Crippen molar-refractivity contribution in [3.8, 4) is 11.8 Å². The quantitative estimate of drug-likeness (QED) is 0.689. The van der Waals surface area contributed by atoms with Crippen LogP contribution in [0.3, 0.4) is 0 Å². The molecule has 0 heterocycles. The summed E-state index contributed by atoms with van der Waals surface area (Å²) in [5, 5.41) is 20.9. The van der Waals surface area contributed by atoms with Gasteiger partial charge in [-0.25, -0.2) is 0 Å². The van der Waals surface area contributed by atoms with Gasteiger partial charge in [0, 0.05) is 13.2 Å². The Labute approximate surface area is 108 Å². The minimum absolute atomic E-state index is 0.268. The maximum Gasteiger partial charge on any atom is 0.136 e. The summed E-state index contributed by atoms with van der Waals surface area (Å²) in [4.78, 5) is 0. The normalized spacial score (nSPS) is 10.1. The van der Waals surface area contributed by atoms with Gasteiger partial charge in [0.2, 0.25) is 0 Å². The molecule has 98 valence electrons. The van der Waals surface area contributed by atoms with Gasteiger partial charge in [0.15, 0.2) is 0 Å². The van der Waals surface area contributed by atoms with Crippen LogP contribution < -0.4 is 10.1 Å². The standard InChI is InChI=1S/C14H20N2O2/c1-18-14-6-5-12(9-13(14)10-15)11-16-7-3-2-4-8-17/h5-6,9,16-17H,2-4,7-8,11H2,1H3. The number of unbranched alkanes of at least 4 members (excludes halogenated alkanes) is 2. The van der Waals surface area contributed by atoms with E-state index in [0.29, 0.717) is 11.3 Å². The second-order valence-corrected chi connectivity index (χ2v) is 4.11. The van der Waals surface area contributed by atoms with E-state index in [1.807, 2.05) is 18.2 Å². The Morgan fingerprint density at radius 1 is 1.33 bits per heavy atom. The molecule has 0 aliphatic rings. The molecule has 4 nitrogen and oxygen atoms in total. The lowest BCUT2D eigenvalue weighted by Gasteiger charge is -2.07. The first-order valence-electron chi connectivity index (χ1n) is 6.20. The van der Waals surface area contributed by atoms with E-state index >= 15 is 0 Å². The van der Waals surface area contributed by atoms with E-state index < -0.39 is 0 Å². The number of hydrogen-bond donors (Lipinski definition) is 2. The summed E-state index contributed by atoms with van der Waals surface area (Å²) in [6.07, 6.45) is 2.96. The molecule has 0 fully saturated rings. The molecule has 0 aliphatic heterocycles. The molecule has 1 aromatic carbocycles. The molecule has 1 aromatic rings. The van der Waals surface area contributed by atoms with Crippen LogP contribution in [0.4, 0.5) is 0 Å². The molecule has 0 radical (unpaired) electrons. The summed E-state index contributed by atoms with van der Waals surface area (Å²) in [6.45, 7) is 1.94. The predicted molar refractivity (Wildman–Crippen MR) is 70.4 cm³/mol. The van der Waals surface area contributed by atoms with Gasteiger partial charge in [-0.1, -0.05) is 6.07 Å². The summed E-state index contributed by atoms with van der Waals surface area (Å²) in [5.74, 6) is 0.615. The highest BCUT2D eigenvalue weighted by atomic mass is 16.5. The molecular weight excluding hydrogens is 228 g/mol. The summed E-state index contributed by atoms with van der Waals surface area (Å²) < 4.78 is 5.09. The lowest BCUT2D eigenvalue weighted by atomic mass is 10.1. The van der Waals surface area contributed by atoms with Crippen molar-refractivity contribution in [2.24, 2.45) is 0 Å². The monoisotopic (exact) mass is 248 g/mol. The summed E-state index contributed by atoms with van der Waals surface area (Å²) in [7, 11) is 1.56. The van der Waals surface area contributed by atoms with E-state index in [-0.39, 0.29) is 6.61 Å². The molecule has 0 saturated heterocycles. The molecule has 0 atom stereocenters. The summed E-state index contributed by atoms with van der Waals surface area (Å²) in [6, 6.07) is 7.75. The molecule has 4 heteroatoms. The lowest BCUT2D eigenvalue weighted by Crippen LogP contribution is -2.14. The van der Waals surface area contributed by atoms with Crippen molar-refractivity contribution >= 4 is 0 Å². The zero-order chi connectivity index (χ0) is 13.2. The molecule has 0 unspecified atom stereocenters. The molecular formula is C14H20N2O2. The van der Waals surface area contributed by atoms with E-state index in [4.69, 9.17) is 15.1 Å². The van der Waals surface area contributed by atoms with Crippen LogP contribution in [0.1, 0.15) is 30.4 Å². The minimum atomic E-state index is 0.268. The Morgan fingerprint density at radius 2 is 2.17 bits per heavy atom. The van der Waals surface area contributed by atoms with Crippen molar-refractivity contribution in [2.45, 2.75) is 25.8 Å². The number of nitrogens with zero attached hydrogens (tertiary/aromatic N) is 1. The Morgan fingerprint density at radius 3 is 2.83 bits per heavy atom. The maximum atomic E-state index is 8.97. The Bertz CT molecular complexity index is 399. The van der Waals surface area contributed by atoms with Gasteiger partial charge in [0.05, 0.1) is 12.7 Å². The van der Waals surface area contributed by atoms with Gasteiger partial charge in [0.1, 0.15) is 11.8 Å². The number of nitriles is 1. The van der Waals surface area contributed by atoms with Crippen LogP contribution in [-0.4, -0.2) is 25.4 Å². The van der Waals surface area contributed by atoms with Crippen LogP contribution >= 0.6 is 0 Å². The van der Waals surface area contributed by atoms with Crippen LogP contribution in [-0.2, 0) is 6.54 Å². The number of hydrogen-bond acceptors (Lipinski definition) is 4. The van der Waals surface area contributed by atoms with E-state index in [0.717, 1.165) is 37.9 Å². The van der Waals surface area contributed by atoms with E-state index in [9.17, 15) is 0 Å². The molecule has 18 heavy (non-hydrogen) atoms. The summed E-state index contributed by atoms with van der Waals surface area (Å²) >= 11 is 0. The Hall–Kier alpha value is -1.57. The van der Waals surface area contributed by atoms with Gasteiger partial charge in [-0.3, -0.25) is 0 Å². The number of aliphatic hydroxyl groups is 1. The molecule has 0 saturated carbocycles. The van der Waals surface area contributed by atoms with Gasteiger partial charge in [-0.2, -0.15) is 5.26 Å². The third-order valence-corrected chi connectivity index (χ3v) is 2.73. The highest BCUT2D eigenvalue weighted by molar-refractivity contribution is 5.45. The lowest BCUT2D eigenvalue weighted by molar-refractivity contribution is 0.283. The van der Waals surface area contributed by atoms with Crippen molar-refractivity contribution in [1.29, 1.82) is 5.26 Å². The minimum Gasteiger partial charge on any atom is -0.495 e. The zero-order valence-electron chi connectivity index (χ0n) is 10.8. The highest BCUT2D eigenvalue weighted by Gasteiger charge is 2.03. The molecule has 1 rings (SSSR count). The van der Waals surface area contributed by atoms with Crippen LogP contribution in [0.2, 0.25) is 0 Å². The van der Waals surface area contributed by atoms with Crippen LogP contribution in [0.5, 0.6) is 5.75 Å². The first kappa shape index (κ1) is 14.5. The number of rotatable bonds is 8. The molecule has 0 spiro atoms. The van der Waals surface area contributed by atoms with Gasteiger partial charge in [0.25, 0.3) is 0 Å². The van der Waals surface area contributed by atoms with E-state index in [1.165, 1.54) is 0 Å². The SMILES string of the molecule is COc1ccc(CNCCCCCO)cc1C#N. The smallest absolute Gasteiger partial charge is 0.136 e. The average Bonchev–Trinajstić information content (AvgIpc) is 2.42. The van der Waals surface area contributed by atoms with Crippen molar-refractivity contribution in [1.82, 2.24) is 5.32 Å². The van der Waals surface area contributed by atoms with Gasteiger partial charge in [-0.05, 0) is 43.5 Å². The Kier molecular flexibility index (Phi) is 6.85. The number of methoxy groups -OCH3 is 1. The summed E-state index contributed by atoms with van der Waals surface area (Å²) in [5.41, 5.74) is 1.64. The van der Waals surface area contributed by atoms with Crippen molar-refractivity contribution in [2.75, 3.05) is 20.3 Å². The van der Waals surface area contributed by atoms with Crippen LogP contribution in [0, 0.1) is 11.3 Å². The molecule has 0 aromatic heterocycles. The van der Waals surface area contributed by atoms with E-state index in [2.05, 4.69) is 11.4 Å². The van der Waals surface area contributed by atoms with Gasteiger partial charge in [-0.15, -0.1) is 0 Å². The van der Waals surface area contributed by atoms with E-state index in [1.54, 1.807) is 7.11 Å². The number of benzene rings is 1. The van der Waals surface area contributed by atoms with Gasteiger partial charge >= 0.3 is 0 Å². The number of nitrogens with one attached hydrogen (secondary N) is 1. The third-order valence-electron chi connectivity index (χ3n) is 2.73. The van der Waals surface area contributed by atoms with Crippen molar-refractivity contribution in [3.63, 3.8) is 0 Å². The Balaban J connectivity index is 2.37. The molecule has 0 amide bonds. The topological polar surface area (TPSA) is 65.3 Å². The highest BCUT2D eigenvalue weighted by Crippen LogP contribution is 2.18. The molecule has 0 bridgehead atoms. The number of ether oxygens (including phenoxy) is 1. The van der Waals surface area contributed by atoms with Gasteiger partial charge < -0.3 is 15.2 Å². The average molecular weight is 248 g/mol. The largest absolute Gasteiger partial charge is 0.495 e. The fourth-order valence-electron chi connectivity index (χ4n) is 1.72. The second kappa shape index (κ2) is 8.51. The van der Waals surface area contributed by atoms with Crippen LogP contribution in [0.25, 0.3) is 0 Å². The third kappa shape index (κ3) is 4.74. The van der Waals surface area contributed by atoms with Crippen molar-refractivity contribution in [3.05, 3.63) is 29.3 Å². The van der Waals surface area contributed by atoms with Crippen LogP contribution in [0.15, 0.2) is 18.2 Å². The molecule has 2 N–H and O–H groups in total. The molecule has 0 aliphatic carbocycles.